The molecule has 1 saturated heterocycles. The van der Waals surface area contributed by atoms with Gasteiger partial charge in [-0.15, -0.1) is 0 Å². The Labute approximate surface area is 83.8 Å². The fourth-order valence-corrected chi connectivity index (χ4v) is 1.59. The van der Waals surface area contributed by atoms with Gasteiger partial charge in [0.15, 0.2) is 0 Å². The summed E-state index contributed by atoms with van der Waals surface area (Å²) in [6, 6.07) is 0. The van der Waals surface area contributed by atoms with E-state index in [0.29, 0.717) is 5.92 Å². The van der Waals surface area contributed by atoms with Crippen LogP contribution in [0.15, 0.2) is 5.10 Å². The molecule has 5 heteroatoms. The first-order chi connectivity index (χ1) is 6.59. The zero-order chi connectivity index (χ0) is 10.6. The number of hydrogen-bond donors (Lipinski definition) is 2. The number of carboxylic acids is 1. The molecule has 0 amide bonds. The molecule has 1 aliphatic heterocycles. The van der Waals surface area contributed by atoms with E-state index in [-0.39, 0.29) is 6.54 Å². The molecular formula is C9H17N3O2. The van der Waals surface area contributed by atoms with Crippen molar-refractivity contribution in [2.45, 2.75) is 13.3 Å². The molecule has 1 aliphatic rings. The van der Waals surface area contributed by atoms with Crippen molar-refractivity contribution in [3.05, 3.63) is 0 Å². The van der Waals surface area contributed by atoms with Gasteiger partial charge in [0.1, 0.15) is 6.54 Å². The minimum Gasteiger partial charge on any atom is -0.480 e. The second kappa shape index (κ2) is 4.95. The van der Waals surface area contributed by atoms with Gasteiger partial charge in [0.05, 0.1) is 0 Å². The Bertz CT molecular complexity index is 240. The first-order valence-electron chi connectivity index (χ1n) is 4.79. The van der Waals surface area contributed by atoms with E-state index in [1.54, 1.807) is 0 Å². The Kier molecular flexibility index (Phi) is 3.88. The summed E-state index contributed by atoms with van der Waals surface area (Å²) in [6.45, 7) is 3.99. The maximum atomic E-state index is 10.2. The highest BCUT2D eigenvalue weighted by atomic mass is 16.4. The first kappa shape index (κ1) is 11.0. The van der Waals surface area contributed by atoms with Crippen LogP contribution in [0.3, 0.4) is 0 Å². The maximum Gasteiger partial charge on any atom is 0.324 e. The molecule has 1 fully saturated rings. The van der Waals surface area contributed by atoms with Crippen molar-refractivity contribution in [2.24, 2.45) is 11.0 Å². The average molecular weight is 199 g/mol. The molecule has 5 nitrogen and oxygen atoms in total. The highest BCUT2D eigenvalue weighted by molar-refractivity contribution is 5.87. The maximum absolute atomic E-state index is 10.2. The molecule has 0 aromatic rings. The Hall–Kier alpha value is -1.10. The number of nitrogens with zero attached hydrogens (tertiary/aromatic N) is 2. The van der Waals surface area contributed by atoms with Crippen LogP contribution in [0.4, 0.5) is 0 Å². The zero-order valence-electron chi connectivity index (χ0n) is 8.66. The van der Waals surface area contributed by atoms with Gasteiger partial charge < -0.3 is 10.0 Å². The minimum atomic E-state index is -0.880. The normalized spacial score (nSPS) is 26.4. The summed E-state index contributed by atoms with van der Waals surface area (Å²) >= 11 is 0. The van der Waals surface area contributed by atoms with Crippen molar-refractivity contribution in [2.75, 3.05) is 26.7 Å². The van der Waals surface area contributed by atoms with Gasteiger partial charge in [0.2, 0.25) is 0 Å². The van der Waals surface area contributed by atoms with Crippen molar-refractivity contribution < 1.29 is 9.90 Å². The van der Waals surface area contributed by atoms with Gasteiger partial charge in [-0.2, -0.15) is 5.10 Å². The van der Waals surface area contributed by atoms with E-state index >= 15 is 0 Å². The second-order valence-corrected chi connectivity index (χ2v) is 3.75. The number of carbonyl (C=O) groups is 1. The summed E-state index contributed by atoms with van der Waals surface area (Å²) in [5.74, 6) is -0.468. The number of nitrogens with one attached hydrogen (secondary N) is 1. The molecule has 1 unspecified atom stereocenters. The molecule has 0 aromatic heterocycles. The molecule has 0 bridgehead atoms. The Morgan fingerprint density at radius 2 is 2.50 bits per heavy atom. The summed E-state index contributed by atoms with van der Waals surface area (Å²) in [4.78, 5) is 12.5. The third kappa shape index (κ3) is 3.33. The lowest BCUT2D eigenvalue weighted by Gasteiger charge is -2.28. The van der Waals surface area contributed by atoms with Crippen LogP contribution in [0, 0.1) is 5.92 Å². The quantitative estimate of drug-likeness (QED) is 0.627. The van der Waals surface area contributed by atoms with Crippen LogP contribution in [-0.4, -0.2) is 48.4 Å². The predicted octanol–water partition coefficient (Wildman–Crippen LogP) is -0.0118. The first-order valence-corrected chi connectivity index (χ1v) is 4.79. The van der Waals surface area contributed by atoms with E-state index in [9.17, 15) is 4.79 Å². The van der Waals surface area contributed by atoms with Gasteiger partial charge >= 0.3 is 5.97 Å². The lowest BCUT2D eigenvalue weighted by atomic mass is 9.98. The molecule has 0 saturated carbocycles. The van der Waals surface area contributed by atoms with Crippen molar-refractivity contribution in [3.63, 3.8) is 0 Å². The summed E-state index contributed by atoms with van der Waals surface area (Å²) in [6.07, 6.45) is 0.921. The van der Waals surface area contributed by atoms with Gasteiger partial charge in [-0.25, -0.2) is 0 Å². The predicted molar refractivity (Wildman–Crippen MR) is 54.4 cm³/mol. The molecule has 1 rings (SSSR count). The molecule has 0 aromatic carbocycles. The van der Waals surface area contributed by atoms with Crippen molar-refractivity contribution in [3.8, 4) is 0 Å². The highest BCUT2D eigenvalue weighted by Gasteiger charge is 2.19. The Morgan fingerprint density at radius 3 is 3.07 bits per heavy atom. The summed E-state index contributed by atoms with van der Waals surface area (Å²) < 4.78 is 0. The van der Waals surface area contributed by atoms with Crippen LogP contribution in [0.5, 0.6) is 0 Å². The van der Waals surface area contributed by atoms with E-state index in [1.165, 1.54) is 0 Å². The van der Waals surface area contributed by atoms with E-state index < -0.39 is 5.97 Å². The van der Waals surface area contributed by atoms with Gasteiger partial charge in [0.25, 0.3) is 0 Å². The van der Waals surface area contributed by atoms with Gasteiger partial charge in [-0.05, 0) is 7.05 Å². The molecule has 1 atom stereocenters. The van der Waals surface area contributed by atoms with E-state index in [4.69, 9.17) is 5.11 Å². The standard InChI is InChI=1S/C9H17N3O2/c1-7-6-12(2)4-3-8(7)11-10-5-9(13)14/h7,10H,3-6H2,1-2H3,(H,13,14)/b11-8-. The van der Waals surface area contributed by atoms with Crippen molar-refractivity contribution >= 4 is 11.7 Å². The second-order valence-electron chi connectivity index (χ2n) is 3.75. The van der Waals surface area contributed by atoms with Crippen LogP contribution in [0.1, 0.15) is 13.3 Å². The fourth-order valence-electron chi connectivity index (χ4n) is 1.59. The molecule has 2 N–H and O–H groups in total. The number of rotatable bonds is 3. The molecule has 80 valence electrons. The third-order valence-corrected chi connectivity index (χ3v) is 2.36. The highest BCUT2D eigenvalue weighted by Crippen LogP contribution is 2.11. The molecule has 14 heavy (non-hydrogen) atoms. The number of carboxylic acid groups (broad SMARTS) is 1. The summed E-state index contributed by atoms with van der Waals surface area (Å²) in [5, 5.41) is 12.5. The van der Waals surface area contributed by atoms with Crippen LogP contribution < -0.4 is 5.43 Å². The SMILES string of the molecule is CC1CN(C)CC/C1=N/NCC(=O)O. The third-order valence-electron chi connectivity index (χ3n) is 2.36. The molecule has 0 radical (unpaired) electrons. The lowest BCUT2D eigenvalue weighted by Crippen LogP contribution is -2.38. The number of hydrogen-bond acceptors (Lipinski definition) is 4. The van der Waals surface area contributed by atoms with Crippen LogP contribution in [-0.2, 0) is 4.79 Å². The van der Waals surface area contributed by atoms with Gasteiger partial charge in [0, 0.05) is 31.1 Å². The number of piperidine rings is 1. The Morgan fingerprint density at radius 1 is 1.79 bits per heavy atom. The number of likely N-dealkylation sites (tertiary alicyclic amines) is 1. The van der Waals surface area contributed by atoms with Crippen molar-refractivity contribution in [1.29, 1.82) is 0 Å². The lowest BCUT2D eigenvalue weighted by molar-refractivity contribution is -0.135. The Balaban J connectivity index is 2.39. The van der Waals surface area contributed by atoms with Crippen LogP contribution >= 0.6 is 0 Å². The number of hydrazone groups is 1. The molecular weight excluding hydrogens is 182 g/mol. The number of aliphatic carboxylic acids is 1. The molecule has 0 spiro atoms. The molecule has 0 aliphatic carbocycles. The van der Waals surface area contributed by atoms with E-state index in [1.807, 2.05) is 0 Å². The largest absolute Gasteiger partial charge is 0.480 e. The average Bonchev–Trinajstić information content (AvgIpc) is 2.08. The van der Waals surface area contributed by atoms with Crippen LogP contribution in [0.25, 0.3) is 0 Å². The summed E-state index contributed by atoms with van der Waals surface area (Å²) in [5.41, 5.74) is 3.64. The van der Waals surface area contributed by atoms with E-state index in [2.05, 4.69) is 29.4 Å². The fraction of sp³-hybridized carbons (Fsp3) is 0.778. The topological polar surface area (TPSA) is 64.9 Å². The van der Waals surface area contributed by atoms with Gasteiger partial charge in [-0.1, -0.05) is 6.92 Å². The zero-order valence-corrected chi connectivity index (χ0v) is 8.66. The van der Waals surface area contributed by atoms with Crippen LogP contribution in [0.2, 0.25) is 0 Å². The van der Waals surface area contributed by atoms with Crippen molar-refractivity contribution in [1.82, 2.24) is 10.3 Å². The minimum absolute atomic E-state index is 0.105. The molecule has 1 heterocycles. The smallest absolute Gasteiger partial charge is 0.324 e. The monoisotopic (exact) mass is 199 g/mol. The van der Waals surface area contributed by atoms with Gasteiger partial charge in [-0.3, -0.25) is 10.2 Å². The summed E-state index contributed by atoms with van der Waals surface area (Å²) in [7, 11) is 2.08. The van der Waals surface area contributed by atoms with E-state index in [0.717, 1.165) is 25.2 Å².